The quantitative estimate of drug-likeness (QED) is 0.661. The van der Waals surface area contributed by atoms with E-state index in [1.165, 1.54) is 50.8 Å². The maximum Gasteiger partial charge on any atom is 0.0319 e. The zero-order valence-corrected chi connectivity index (χ0v) is 15.5. The second-order valence-corrected chi connectivity index (χ2v) is 8.10. The molecule has 2 aliphatic rings. The topological polar surface area (TPSA) is 3.24 Å². The van der Waals surface area contributed by atoms with Crippen LogP contribution in [0.3, 0.4) is 0 Å². The van der Waals surface area contributed by atoms with E-state index < -0.39 is 0 Å². The molecule has 4 atom stereocenters. The standard InChI is InChI=1S/C24H31N/c1-19(20-10-4-2-5-11-20)25-17-16-24(21-12-6-3-7-13-21)23-15-9-8-14-22(23)18-25/h2-7,10-13,19,22-24H,8-9,14-18H2,1H3/t19-,22-,23+,24-/m0/s1. The van der Waals surface area contributed by atoms with Gasteiger partial charge in [-0.25, -0.2) is 0 Å². The average Bonchev–Trinajstić information content (AvgIpc) is 2.88. The van der Waals surface area contributed by atoms with Crippen LogP contribution in [0.25, 0.3) is 0 Å². The van der Waals surface area contributed by atoms with Crippen LogP contribution >= 0.6 is 0 Å². The normalized spacial score (nSPS) is 28.8. The number of hydrogen-bond acceptors (Lipinski definition) is 1. The molecule has 25 heavy (non-hydrogen) atoms. The Balaban J connectivity index is 1.58. The molecule has 2 aromatic rings. The summed E-state index contributed by atoms with van der Waals surface area (Å²) < 4.78 is 0. The molecule has 1 nitrogen and oxygen atoms in total. The largest absolute Gasteiger partial charge is 0.296 e. The maximum atomic E-state index is 2.77. The van der Waals surface area contributed by atoms with E-state index >= 15 is 0 Å². The van der Waals surface area contributed by atoms with E-state index in [2.05, 4.69) is 72.5 Å². The van der Waals surface area contributed by atoms with Crippen LogP contribution in [0, 0.1) is 11.8 Å². The summed E-state index contributed by atoms with van der Waals surface area (Å²) in [5.41, 5.74) is 3.04. The Morgan fingerprint density at radius 2 is 1.52 bits per heavy atom. The van der Waals surface area contributed by atoms with E-state index in [0.717, 1.165) is 17.8 Å². The van der Waals surface area contributed by atoms with Crippen LogP contribution < -0.4 is 0 Å². The van der Waals surface area contributed by atoms with Crippen molar-refractivity contribution in [3.05, 3.63) is 71.8 Å². The van der Waals surface area contributed by atoms with E-state index in [9.17, 15) is 0 Å². The van der Waals surface area contributed by atoms with Gasteiger partial charge in [-0.1, -0.05) is 73.5 Å². The predicted octanol–water partition coefficient (Wildman–Crippen LogP) is 6.04. The van der Waals surface area contributed by atoms with Crippen molar-refractivity contribution in [3.8, 4) is 0 Å². The van der Waals surface area contributed by atoms with Crippen molar-refractivity contribution < 1.29 is 0 Å². The summed E-state index contributed by atoms with van der Waals surface area (Å²) in [5.74, 6) is 2.50. The van der Waals surface area contributed by atoms with Gasteiger partial charge in [0.2, 0.25) is 0 Å². The van der Waals surface area contributed by atoms with Gasteiger partial charge in [0.15, 0.2) is 0 Å². The Labute approximate surface area is 153 Å². The summed E-state index contributed by atoms with van der Waals surface area (Å²) >= 11 is 0. The molecule has 2 aromatic carbocycles. The minimum absolute atomic E-state index is 0.526. The third kappa shape index (κ3) is 3.67. The van der Waals surface area contributed by atoms with E-state index in [-0.39, 0.29) is 0 Å². The van der Waals surface area contributed by atoms with Gasteiger partial charge in [0, 0.05) is 12.6 Å². The van der Waals surface area contributed by atoms with E-state index in [4.69, 9.17) is 0 Å². The van der Waals surface area contributed by atoms with E-state index in [0.29, 0.717) is 6.04 Å². The molecule has 4 rings (SSSR count). The lowest BCUT2D eigenvalue weighted by Crippen LogP contribution is -2.34. The van der Waals surface area contributed by atoms with Crippen molar-refractivity contribution in [2.24, 2.45) is 11.8 Å². The molecular weight excluding hydrogens is 302 g/mol. The number of rotatable bonds is 3. The van der Waals surface area contributed by atoms with Crippen molar-refractivity contribution in [3.63, 3.8) is 0 Å². The number of fused-ring (bicyclic) bond motifs is 1. The fourth-order valence-corrected chi connectivity index (χ4v) is 5.31. The van der Waals surface area contributed by atoms with Crippen molar-refractivity contribution in [1.29, 1.82) is 0 Å². The van der Waals surface area contributed by atoms with Gasteiger partial charge >= 0.3 is 0 Å². The highest BCUT2D eigenvalue weighted by atomic mass is 15.2. The zero-order chi connectivity index (χ0) is 17.1. The predicted molar refractivity (Wildman–Crippen MR) is 106 cm³/mol. The molecule has 0 bridgehead atoms. The molecule has 0 spiro atoms. The van der Waals surface area contributed by atoms with Gasteiger partial charge in [-0.05, 0) is 61.6 Å². The molecule has 132 valence electrons. The number of hydrogen-bond donors (Lipinski definition) is 0. The van der Waals surface area contributed by atoms with E-state index in [1.807, 2.05) is 0 Å². The first kappa shape index (κ1) is 16.8. The van der Waals surface area contributed by atoms with Gasteiger partial charge in [-0.15, -0.1) is 0 Å². The maximum absolute atomic E-state index is 2.77. The number of benzene rings is 2. The molecule has 0 aromatic heterocycles. The first-order valence-corrected chi connectivity index (χ1v) is 10.2. The van der Waals surface area contributed by atoms with Crippen molar-refractivity contribution >= 4 is 0 Å². The van der Waals surface area contributed by atoms with Gasteiger partial charge in [0.1, 0.15) is 0 Å². The van der Waals surface area contributed by atoms with Crippen LogP contribution in [0.4, 0.5) is 0 Å². The Bertz CT molecular complexity index is 650. The first-order valence-electron chi connectivity index (χ1n) is 10.2. The summed E-state index contributed by atoms with van der Waals surface area (Å²) in [6.45, 7) is 4.91. The molecule has 1 saturated carbocycles. The highest BCUT2D eigenvalue weighted by Gasteiger charge is 2.37. The summed E-state index contributed by atoms with van der Waals surface area (Å²) in [6, 6.07) is 22.9. The van der Waals surface area contributed by atoms with Crippen LogP contribution in [-0.2, 0) is 0 Å². The summed E-state index contributed by atoms with van der Waals surface area (Å²) in [5, 5.41) is 0. The van der Waals surface area contributed by atoms with E-state index in [1.54, 1.807) is 5.56 Å². The molecule has 0 N–H and O–H groups in total. The van der Waals surface area contributed by atoms with Crippen LogP contribution in [0.1, 0.15) is 62.1 Å². The highest BCUT2D eigenvalue weighted by molar-refractivity contribution is 5.22. The second-order valence-electron chi connectivity index (χ2n) is 8.10. The molecule has 0 amide bonds. The lowest BCUT2D eigenvalue weighted by atomic mass is 9.70. The fraction of sp³-hybridized carbons (Fsp3) is 0.500. The van der Waals surface area contributed by atoms with Crippen LogP contribution in [0.15, 0.2) is 60.7 Å². The average molecular weight is 334 g/mol. The zero-order valence-electron chi connectivity index (χ0n) is 15.5. The van der Waals surface area contributed by atoms with Crippen molar-refractivity contribution in [2.45, 2.75) is 51.0 Å². The smallest absolute Gasteiger partial charge is 0.0319 e. The van der Waals surface area contributed by atoms with Gasteiger partial charge in [0.05, 0.1) is 0 Å². The third-order valence-corrected chi connectivity index (χ3v) is 6.74. The second kappa shape index (κ2) is 7.74. The Kier molecular flexibility index (Phi) is 5.22. The molecule has 1 heterocycles. The summed E-state index contributed by atoms with van der Waals surface area (Å²) in [6.07, 6.45) is 7.02. The van der Waals surface area contributed by atoms with Gasteiger partial charge in [-0.2, -0.15) is 0 Å². The first-order chi connectivity index (χ1) is 12.3. The van der Waals surface area contributed by atoms with Gasteiger partial charge in [0.25, 0.3) is 0 Å². The fourth-order valence-electron chi connectivity index (χ4n) is 5.31. The lowest BCUT2D eigenvalue weighted by molar-refractivity contribution is 0.147. The third-order valence-electron chi connectivity index (χ3n) is 6.74. The Morgan fingerprint density at radius 1 is 0.840 bits per heavy atom. The van der Waals surface area contributed by atoms with Crippen LogP contribution in [0.5, 0.6) is 0 Å². The minimum Gasteiger partial charge on any atom is -0.296 e. The number of likely N-dealkylation sites (tertiary alicyclic amines) is 1. The molecule has 1 aliphatic heterocycles. The molecule has 1 saturated heterocycles. The minimum atomic E-state index is 0.526. The van der Waals surface area contributed by atoms with Crippen LogP contribution in [-0.4, -0.2) is 18.0 Å². The summed E-state index contributed by atoms with van der Waals surface area (Å²) in [4.78, 5) is 2.77. The molecule has 0 radical (unpaired) electrons. The molecular formula is C24H31N. The summed E-state index contributed by atoms with van der Waals surface area (Å²) in [7, 11) is 0. The van der Waals surface area contributed by atoms with Crippen LogP contribution in [0.2, 0.25) is 0 Å². The Hall–Kier alpha value is -1.60. The highest BCUT2D eigenvalue weighted by Crippen LogP contribution is 2.45. The van der Waals surface area contributed by atoms with Gasteiger partial charge in [-0.3, -0.25) is 4.90 Å². The van der Waals surface area contributed by atoms with Crippen molar-refractivity contribution in [2.75, 3.05) is 13.1 Å². The Morgan fingerprint density at radius 3 is 2.28 bits per heavy atom. The molecule has 2 fully saturated rings. The monoisotopic (exact) mass is 333 g/mol. The number of nitrogens with zero attached hydrogens (tertiary/aromatic N) is 1. The molecule has 1 heteroatoms. The lowest BCUT2D eigenvalue weighted by Gasteiger charge is -2.37. The molecule has 1 aliphatic carbocycles. The molecule has 0 unspecified atom stereocenters. The SMILES string of the molecule is C[C@@H](c1ccccc1)N1CC[C@@H](c2ccccc2)[C@@H]2CCCC[C@H]2C1. The van der Waals surface area contributed by atoms with Gasteiger partial charge < -0.3 is 0 Å². The van der Waals surface area contributed by atoms with Crippen molar-refractivity contribution in [1.82, 2.24) is 4.90 Å².